The van der Waals surface area contributed by atoms with E-state index in [2.05, 4.69) is 13.2 Å². The highest BCUT2D eigenvalue weighted by atomic mass is 35.5. The predicted octanol–water partition coefficient (Wildman–Crippen LogP) is 4.93. The molecule has 39 heavy (non-hydrogen) atoms. The van der Waals surface area contributed by atoms with E-state index in [4.69, 9.17) is 21.4 Å². The molecule has 2 amide bonds. The summed E-state index contributed by atoms with van der Waals surface area (Å²) < 4.78 is 4.88. The van der Waals surface area contributed by atoms with Crippen LogP contribution in [-0.2, 0) is 19.1 Å². The second kappa shape index (κ2) is 12.9. The van der Waals surface area contributed by atoms with Gasteiger partial charge in [0, 0.05) is 24.9 Å². The van der Waals surface area contributed by atoms with Crippen molar-refractivity contribution in [2.75, 3.05) is 31.2 Å². The summed E-state index contributed by atoms with van der Waals surface area (Å²) >= 11 is 8.25. The maximum absolute atomic E-state index is 14.6. The molecule has 1 aromatic rings. The minimum absolute atomic E-state index is 0.0490. The first-order chi connectivity index (χ1) is 18.8. The van der Waals surface area contributed by atoms with Gasteiger partial charge in [-0.1, -0.05) is 48.7 Å². The van der Waals surface area contributed by atoms with E-state index in [1.165, 1.54) is 0 Å². The second-order valence-corrected chi connectivity index (χ2v) is 12.6. The molecule has 9 heteroatoms. The van der Waals surface area contributed by atoms with E-state index in [0.29, 0.717) is 42.9 Å². The predicted molar refractivity (Wildman–Crippen MR) is 156 cm³/mol. The summed E-state index contributed by atoms with van der Waals surface area (Å²) in [5, 5.41) is 9.57. The van der Waals surface area contributed by atoms with E-state index in [1.54, 1.807) is 39.8 Å². The molecule has 3 fully saturated rings. The third-order valence-corrected chi connectivity index (χ3v) is 10.5. The summed E-state index contributed by atoms with van der Waals surface area (Å²) in [6, 6.07) is 4.80. The minimum Gasteiger partial charge on any atom is -0.465 e. The van der Waals surface area contributed by atoms with Crippen molar-refractivity contribution in [3.63, 3.8) is 0 Å². The van der Waals surface area contributed by atoms with Crippen LogP contribution in [0.25, 0.3) is 0 Å². The fourth-order valence-electron chi connectivity index (χ4n) is 6.56. The van der Waals surface area contributed by atoms with Crippen LogP contribution in [0.3, 0.4) is 0 Å². The molecule has 0 aliphatic carbocycles. The smallest absolute Gasteiger partial charge is 0.310 e. The van der Waals surface area contributed by atoms with Gasteiger partial charge in [0.1, 0.15) is 6.04 Å². The largest absolute Gasteiger partial charge is 0.465 e. The maximum Gasteiger partial charge on any atom is 0.310 e. The van der Waals surface area contributed by atoms with Crippen LogP contribution in [0.4, 0.5) is 5.69 Å². The molecule has 7 nitrogen and oxygen atoms in total. The molecule has 1 N–H and O–H groups in total. The van der Waals surface area contributed by atoms with Crippen LogP contribution in [0.1, 0.15) is 50.5 Å². The Hall–Kier alpha value is -2.29. The number of carbonyl (C=O) groups is 3. The lowest BCUT2D eigenvalue weighted by Gasteiger charge is -2.37. The standard InChI is InChI=1S/C30H39ClN2O5S/c1-4-6-19-38-29(37)23-22-14-15-30(39-22)24(23)27(35)33(17-9-7-8-10-18-34)26(30)28(36)32(16-5-2)25-20(3)12-11-13-21(25)31/h4-5,11-13,22-24,26,34H,1-2,6-10,14-19H2,3H3/t22-,23+,24-,26?,30?/m0/s1. The lowest BCUT2D eigenvalue weighted by atomic mass is 9.71. The van der Waals surface area contributed by atoms with Gasteiger partial charge in [0.05, 0.1) is 33.9 Å². The van der Waals surface area contributed by atoms with Crippen LogP contribution >= 0.6 is 23.4 Å². The fraction of sp³-hybridized carbons (Fsp3) is 0.567. The molecule has 0 saturated carbocycles. The number of fused-ring (bicyclic) bond motifs is 1. The number of rotatable bonds is 14. The molecule has 212 valence electrons. The Bertz CT molecular complexity index is 1090. The first-order valence-corrected chi connectivity index (χ1v) is 15.1. The molecule has 1 aromatic carbocycles. The highest BCUT2D eigenvalue weighted by Crippen LogP contribution is 2.66. The molecule has 3 aliphatic rings. The number of aryl methyl sites for hydroxylation is 1. The van der Waals surface area contributed by atoms with Crippen LogP contribution in [0, 0.1) is 18.8 Å². The number of benzene rings is 1. The number of ether oxygens (including phenoxy) is 1. The van der Waals surface area contributed by atoms with Gasteiger partial charge in [0.2, 0.25) is 5.91 Å². The number of hydrogen-bond donors (Lipinski definition) is 1. The Morgan fingerprint density at radius 1 is 1.26 bits per heavy atom. The number of thioether (sulfide) groups is 1. The summed E-state index contributed by atoms with van der Waals surface area (Å²) in [5.74, 6) is -1.83. The molecule has 1 spiro atoms. The van der Waals surface area contributed by atoms with E-state index in [9.17, 15) is 14.4 Å². The van der Waals surface area contributed by atoms with Crippen LogP contribution in [0.15, 0.2) is 43.5 Å². The van der Waals surface area contributed by atoms with Gasteiger partial charge in [-0.2, -0.15) is 0 Å². The van der Waals surface area contributed by atoms with Crippen molar-refractivity contribution in [3.05, 3.63) is 54.1 Å². The van der Waals surface area contributed by atoms with Crippen molar-refractivity contribution in [1.82, 2.24) is 4.90 Å². The lowest BCUT2D eigenvalue weighted by molar-refractivity contribution is -0.154. The van der Waals surface area contributed by atoms with Crippen molar-refractivity contribution in [1.29, 1.82) is 0 Å². The van der Waals surface area contributed by atoms with Gasteiger partial charge in [-0.3, -0.25) is 14.4 Å². The number of likely N-dealkylation sites (tertiary alicyclic amines) is 1. The van der Waals surface area contributed by atoms with Gasteiger partial charge in [-0.05, 0) is 50.7 Å². The highest BCUT2D eigenvalue weighted by Gasteiger charge is 2.74. The van der Waals surface area contributed by atoms with Gasteiger partial charge in [0.15, 0.2) is 0 Å². The van der Waals surface area contributed by atoms with Gasteiger partial charge < -0.3 is 19.6 Å². The van der Waals surface area contributed by atoms with Crippen molar-refractivity contribution in [2.24, 2.45) is 11.8 Å². The summed E-state index contributed by atoms with van der Waals surface area (Å²) in [4.78, 5) is 45.4. The Morgan fingerprint density at radius 2 is 2.03 bits per heavy atom. The molecule has 2 bridgehead atoms. The SMILES string of the molecule is C=CCCOC(=O)[C@@H]1[C@@H]2CCC3(S2)C(C(=O)N(CC=C)c2c(C)cccc2Cl)N(CCCCCCO)C(=O)[C@H]13. The van der Waals surface area contributed by atoms with Crippen molar-refractivity contribution in [3.8, 4) is 0 Å². The second-order valence-electron chi connectivity index (χ2n) is 10.6. The molecule has 3 aliphatic heterocycles. The van der Waals surface area contributed by atoms with E-state index in [-0.39, 0.29) is 42.8 Å². The maximum atomic E-state index is 14.6. The average Bonchev–Trinajstić information content (AvgIpc) is 3.55. The highest BCUT2D eigenvalue weighted by molar-refractivity contribution is 8.02. The van der Waals surface area contributed by atoms with E-state index < -0.39 is 22.6 Å². The molecule has 0 aromatic heterocycles. The Morgan fingerprint density at radius 3 is 2.72 bits per heavy atom. The monoisotopic (exact) mass is 574 g/mol. The number of anilines is 1. The van der Waals surface area contributed by atoms with Crippen molar-refractivity contribution < 1.29 is 24.2 Å². The van der Waals surface area contributed by atoms with Gasteiger partial charge >= 0.3 is 5.97 Å². The Kier molecular flexibility index (Phi) is 9.83. The summed E-state index contributed by atoms with van der Waals surface area (Å²) in [6.45, 7) is 10.5. The van der Waals surface area contributed by atoms with Gasteiger partial charge in [0.25, 0.3) is 5.91 Å². The number of amides is 2. The van der Waals surface area contributed by atoms with Crippen molar-refractivity contribution >= 4 is 46.8 Å². The molecular weight excluding hydrogens is 536 g/mol. The Balaban J connectivity index is 1.71. The number of aliphatic hydroxyl groups excluding tert-OH is 1. The van der Waals surface area contributed by atoms with Gasteiger partial charge in [-0.25, -0.2) is 0 Å². The number of para-hydroxylation sites is 1. The number of halogens is 1. The van der Waals surface area contributed by atoms with Crippen LogP contribution in [0.2, 0.25) is 5.02 Å². The normalized spacial score (nSPS) is 26.9. The molecule has 0 radical (unpaired) electrons. The number of carbonyl (C=O) groups excluding carboxylic acids is 3. The van der Waals surface area contributed by atoms with Crippen LogP contribution in [-0.4, -0.2) is 70.1 Å². The number of nitrogens with zero attached hydrogens (tertiary/aromatic N) is 2. The molecule has 3 saturated heterocycles. The topological polar surface area (TPSA) is 87.2 Å². The van der Waals surface area contributed by atoms with E-state index >= 15 is 0 Å². The number of hydrogen-bond acceptors (Lipinski definition) is 6. The zero-order valence-corrected chi connectivity index (χ0v) is 24.2. The molecule has 4 rings (SSSR count). The number of unbranched alkanes of at least 4 members (excludes halogenated alkanes) is 3. The molecule has 3 heterocycles. The first kappa shape index (κ1) is 29.7. The summed E-state index contributed by atoms with van der Waals surface area (Å²) in [5.41, 5.74) is 1.48. The zero-order valence-electron chi connectivity index (χ0n) is 22.6. The zero-order chi connectivity index (χ0) is 28.2. The minimum atomic E-state index is -0.718. The lowest BCUT2D eigenvalue weighted by Crippen LogP contribution is -2.55. The molecule has 5 atom stereocenters. The summed E-state index contributed by atoms with van der Waals surface area (Å²) in [6.07, 6.45) is 8.48. The Labute approximate surface area is 240 Å². The van der Waals surface area contributed by atoms with Crippen molar-refractivity contribution in [2.45, 2.75) is 67.9 Å². The number of aliphatic hydroxyl groups is 1. The van der Waals surface area contributed by atoms with Crippen LogP contribution in [0.5, 0.6) is 0 Å². The molecule has 2 unspecified atom stereocenters. The fourth-order valence-corrected chi connectivity index (χ4v) is 9.09. The average molecular weight is 575 g/mol. The third-order valence-electron chi connectivity index (χ3n) is 8.22. The van der Waals surface area contributed by atoms with Gasteiger partial charge in [-0.15, -0.1) is 24.9 Å². The van der Waals surface area contributed by atoms with E-state index in [1.807, 2.05) is 19.1 Å². The van der Waals surface area contributed by atoms with E-state index in [0.717, 1.165) is 24.8 Å². The van der Waals surface area contributed by atoms with Crippen LogP contribution < -0.4 is 4.90 Å². The first-order valence-electron chi connectivity index (χ1n) is 13.9. The number of esters is 1. The summed E-state index contributed by atoms with van der Waals surface area (Å²) in [7, 11) is 0. The third kappa shape index (κ3) is 5.52. The molecular formula is C30H39ClN2O5S. The quantitative estimate of drug-likeness (QED) is 0.193.